The first-order valence-corrected chi connectivity index (χ1v) is 9.84. The molecule has 0 spiro atoms. The highest BCUT2D eigenvalue weighted by Crippen LogP contribution is 2.25. The zero-order valence-electron chi connectivity index (χ0n) is 15.8. The van der Waals surface area contributed by atoms with Gasteiger partial charge in [-0.2, -0.15) is 0 Å². The fourth-order valence-corrected chi connectivity index (χ4v) is 3.54. The predicted molar refractivity (Wildman–Crippen MR) is 105 cm³/mol. The van der Waals surface area contributed by atoms with E-state index in [9.17, 15) is 13.2 Å². The van der Waals surface area contributed by atoms with Crippen LogP contribution in [0.5, 0.6) is 5.75 Å². The number of hydrogen-bond donors (Lipinski definition) is 2. The molecule has 0 saturated carbocycles. The fourth-order valence-electron chi connectivity index (χ4n) is 2.41. The zero-order chi connectivity index (χ0) is 20.0. The van der Waals surface area contributed by atoms with Gasteiger partial charge in [0.05, 0.1) is 17.2 Å². The van der Waals surface area contributed by atoms with Gasteiger partial charge in [0.1, 0.15) is 12.4 Å². The van der Waals surface area contributed by atoms with Crippen LogP contribution in [-0.4, -0.2) is 34.6 Å². The van der Waals surface area contributed by atoms with Crippen LogP contribution in [0.2, 0.25) is 0 Å². The minimum absolute atomic E-state index is 0.126. The van der Waals surface area contributed by atoms with Crippen molar-refractivity contribution in [1.29, 1.82) is 0 Å². The molecule has 146 valence electrons. The number of aryl methyl sites for hydroxylation is 2. The normalized spacial score (nSPS) is 11.1. The minimum atomic E-state index is -3.78. The fraction of sp³-hybridized carbons (Fsp3) is 0.316. The second kappa shape index (κ2) is 8.88. The highest BCUT2D eigenvalue weighted by molar-refractivity contribution is 7.92. The van der Waals surface area contributed by atoms with Crippen LogP contribution in [0, 0.1) is 13.8 Å². The molecule has 0 aliphatic rings. The lowest BCUT2D eigenvalue weighted by atomic mass is 10.2. The van der Waals surface area contributed by atoms with E-state index in [1.165, 1.54) is 13.0 Å². The average molecular weight is 392 g/mol. The van der Waals surface area contributed by atoms with Gasteiger partial charge >= 0.3 is 0 Å². The number of anilines is 2. The van der Waals surface area contributed by atoms with Gasteiger partial charge in [0, 0.05) is 19.7 Å². The summed E-state index contributed by atoms with van der Waals surface area (Å²) < 4.78 is 38.4. The number of carbonyl (C=O) groups excluding carboxylic acids is 1. The molecule has 0 fully saturated rings. The van der Waals surface area contributed by atoms with Crippen LogP contribution in [0.4, 0.5) is 11.4 Å². The third-order valence-corrected chi connectivity index (χ3v) is 5.18. The summed E-state index contributed by atoms with van der Waals surface area (Å²) in [6.45, 7) is 5.84. The van der Waals surface area contributed by atoms with Gasteiger partial charge in [0.25, 0.3) is 10.0 Å². The Hall–Kier alpha value is -2.58. The first-order valence-electron chi connectivity index (χ1n) is 8.36. The van der Waals surface area contributed by atoms with Crippen LogP contribution >= 0.6 is 0 Å². The second-order valence-electron chi connectivity index (χ2n) is 6.08. The van der Waals surface area contributed by atoms with Crippen molar-refractivity contribution in [2.24, 2.45) is 0 Å². The molecule has 2 N–H and O–H groups in total. The van der Waals surface area contributed by atoms with Gasteiger partial charge in [0.15, 0.2) is 0 Å². The molecule has 8 heteroatoms. The Kier molecular flexibility index (Phi) is 6.81. The molecule has 0 bridgehead atoms. The first-order chi connectivity index (χ1) is 12.7. The van der Waals surface area contributed by atoms with Crippen molar-refractivity contribution in [1.82, 2.24) is 0 Å². The Bertz CT molecular complexity index is 926. The quantitative estimate of drug-likeness (QED) is 0.674. The lowest BCUT2D eigenvalue weighted by Crippen LogP contribution is -2.14. The third-order valence-electron chi connectivity index (χ3n) is 3.80. The number of sulfonamides is 1. The first kappa shape index (κ1) is 20.7. The lowest BCUT2D eigenvalue weighted by molar-refractivity contribution is -0.114. The van der Waals surface area contributed by atoms with E-state index in [-0.39, 0.29) is 10.8 Å². The standard InChI is InChI=1S/C19H24N2O5S/c1-13-5-6-16(12-18(13)20-15(3)22)21-27(23,24)17-7-8-19(14(2)11-17)26-10-9-25-4/h5-8,11-12,21H,9-10H2,1-4H3,(H,20,22). The summed E-state index contributed by atoms with van der Waals surface area (Å²) in [5.41, 5.74) is 2.46. The maximum Gasteiger partial charge on any atom is 0.261 e. The van der Waals surface area contributed by atoms with Crippen LogP contribution in [0.3, 0.4) is 0 Å². The van der Waals surface area contributed by atoms with Crippen LogP contribution in [-0.2, 0) is 19.6 Å². The highest BCUT2D eigenvalue weighted by Gasteiger charge is 2.16. The molecule has 2 aromatic carbocycles. The van der Waals surface area contributed by atoms with Crippen LogP contribution < -0.4 is 14.8 Å². The van der Waals surface area contributed by atoms with Crippen LogP contribution in [0.25, 0.3) is 0 Å². The van der Waals surface area contributed by atoms with Crippen molar-refractivity contribution in [3.05, 3.63) is 47.5 Å². The summed E-state index contributed by atoms with van der Waals surface area (Å²) in [7, 11) is -2.20. The molecule has 0 saturated heterocycles. The molecule has 0 aliphatic carbocycles. The van der Waals surface area contributed by atoms with Crippen molar-refractivity contribution in [2.75, 3.05) is 30.4 Å². The van der Waals surface area contributed by atoms with Crippen molar-refractivity contribution in [2.45, 2.75) is 25.7 Å². The molecule has 0 radical (unpaired) electrons. The van der Waals surface area contributed by atoms with Gasteiger partial charge in [-0.3, -0.25) is 9.52 Å². The van der Waals surface area contributed by atoms with Crippen molar-refractivity contribution >= 4 is 27.3 Å². The van der Waals surface area contributed by atoms with Gasteiger partial charge in [-0.05, 0) is 55.3 Å². The number of hydrogen-bond acceptors (Lipinski definition) is 5. The molecular formula is C19H24N2O5S. The molecule has 2 aromatic rings. The molecule has 2 rings (SSSR count). The number of amides is 1. The van der Waals surface area contributed by atoms with E-state index >= 15 is 0 Å². The van der Waals surface area contributed by atoms with E-state index in [0.717, 1.165) is 5.56 Å². The minimum Gasteiger partial charge on any atom is -0.491 e. The Balaban J connectivity index is 2.21. The largest absolute Gasteiger partial charge is 0.491 e. The maximum absolute atomic E-state index is 12.7. The monoisotopic (exact) mass is 392 g/mol. The summed E-state index contributed by atoms with van der Waals surface area (Å²) >= 11 is 0. The summed E-state index contributed by atoms with van der Waals surface area (Å²) in [6.07, 6.45) is 0. The van der Waals surface area contributed by atoms with Gasteiger partial charge in [0.2, 0.25) is 5.91 Å². The number of benzene rings is 2. The Morgan fingerprint density at radius 1 is 1.04 bits per heavy atom. The Labute approximate surface area is 159 Å². The molecule has 7 nitrogen and oxygen atoms in total. The molecule has 0 aliphatic heterocycles. The van der Waals surface area contributed by atoms with Crippen molar-refractivity contribution in [3.8, 4) is 5.75 Å². The summed E-state index contributed by atoms with van der Waals surface area (Å²) in [5, 5.41) is 2.68. The van der Waals surface area contributed by atoms with Crippen molar-refractivity contribution < 1.29 is 22.7 Å². The van der Waals surface area contributed by atoms with E-state index in [1.807, 2.05) is 6.92 Å². The van der Waals surface area contributed by atoms with E-state index in [4.69, 9.17) is 9.47 Å². The molecule has 0 aromatic heterocycles. The van der Waals surface area contributed by atoms with Gasteiger partial charge in [-0.1, -0.05) is 6.07 Å². The predicted octanol–water partition coefficient (Wildman–Crippen LogP) is 3.09. The van der Waals surface area contributed by atoms with Crippen LogP contribution in [0.1, 0.15) is 18.1 Å². The molecule has 1 amide bonds. The van der Waals surface area contributed by atoms with E-state index in [0.29, 0.717) is 35.9 Å². The number of nitrogens with one attached hydrogen (secondary N) is 2. The zero-order valence-corrected chi connectivity index (χ0v) is 16.6. The summed E-state index contributed by atoms with van der Waals surface area (Å²) in [4.78, 5) is 11.4. The topological polar surface area (TPSA) is 93.7 Å². The van der Waals surface area contributed by atoms with E-state index < -0.39 is 10.0 Å². The van der Waals surface area contributed by atoms with E-state index in [2.05, 4.69) is 10.0 Å². The summed E-state index contributed by atoms with van der Waals surface area (Å²) in [5.74, 6) is 0.382. The summed E-state index contributed by atoms with van der Waals surface area (Å²) in [6, 6.07) is 9.63. The average Bonchev–Trinajstić information content (AvgIpc) is 2.58. The number of carbonyl (C=O) groups is 1. The van der Waals surface area contributed by atoms with Gasteiger partial charge in [-0.15, -0.1) is 0 Å². The van der Waals surface area contributed by atoms with E-state index in [1.54, 1.807) is 44.4 Å². The number of ether oxygens (including phenoxy) is 2. The van der Waals surface area contributed by atoms with Crippen LogP contribution in [0.15, 0.2) is 41.3 Å². The van der Waals surface area contributed by atoms with Crippen molar-refractivity contribution in [3.63, 3.8) is 0 Å². The Morgan fingerprint density at radius 3 is 2.41 bits per heavy atom. The van der Waals surface area contributed by atoms with Gasteiger partial charge < -0.3 is 14.8 Å². The molecule has 0 unspecified atom stereocenters. The molecular weight excluding hydrogens is 368 g/mol. The second-order valence-corrected chi connectivity index (χ2v) is 7.77. The SMILES string of the molecule is COCCOc1ccc(S(=O)(=O)Nc2ccc(C)c(NC(C)=O)c2)cc1C. The lowest BCUT2D eigenvalue weighted by Gasteiger charge is -2.13. The Morgan fingerprint density at radius 2 is 1.78 bits per heavy atom. The molecule has 0 heterocycles. The third kappa shape index (κ3) is 5.70. The smallest absolute Gasteiger partial charge is 0.261 e. The maximum atomic E-state index is 12.7. The number of methoxy groups -OCH3 is 1. The van der Waals surface area contributed by atoms with Gasteiger partial charge in [-0.25, -0.2) is 8.42 Å². The number of rotatable bonds is 8. The highest BCUT2D eigenvalue weighted by atomic mass is 32.2. The molecule has 0 atom stereocenters. The molecule has 27 heavy (non-hydrogen) atoms.